The number of carbonyl (C=O) groups excluding carboxylic acids is 1. The highest BCUT2D eigenvalue weighted by molar-refractivity contribution is 5.89. The monoisotopic (exact) mass is 354 g/mol. The third-order valence-corrected chi connectivity index (χ3v) is 3.79. The van der Waals surface area contributed by atoms with Gasteiger partial charge in [0.05, 0.1) is 7.11 Å². The van der Waals surface area contributed by atoms with Gasteiger partial charge in [-0.05, 0) is 35.2 Å². The Hall–Kier alpha value is -3.09. The van der Waals surface area contributed by atoms with Gasteiger partial charge in [-0.3, -0.25) is 10.1 Å². The summed E-state index contributed by atoms with van der Waals surface area (Å²) in [5, 5.41) is 16.8. The average Bonchev–Trinajstić information content (AvgIpc) is 2.94. The standard InChI is InChI=1S/C19H22N4O3/c1-19(2,3)10-17(25)21-18-20-16-8-6-13(11-23(16)22-18)12-5-7-14(24)15(9-12)26-4/h5-9,11,24H,10H2,1-4H3,(H,21,22,25). The van der Waals surface area contributed by atoms with Crippen molar-refractivity contribution in [3.05, 3.63) is 36.5 Å². The number of phenolic OH excluding ortho intramolecular Hbond substituents is 1. The van der Waals surface area contributed by atoms with Gasteiger partial charge < -0.3 is 9.84 Å². The summed E-state index contributed by atoms with van der Waals surface area (Å²) in [6.45, 7) is 6.01. The smallest absolute Gasteiger partial charge is 0.249 e. The molecular weight excluding hydrogens is 332 g/mol. The van der Waals surface area contributed by atoms with E-state index < -0.39 is 0 Å². The molecule has 1 aromatic carbocycles. The van der Waals surface area contributed by atoms with Crippen molar-refractivity contribution in [3.63, 3.8) is 0 Å². The number of anilines is 1. The number of nitrogens with one attached hydrogen (secondary N) is 1. The number of hydrogen-bond acceptors (Lipinski definition) is 5. The maximum Gasteiger partial charge on any atom is 0.249 e. The average molecular weight is 354 g/mol. The number of aromatic hydroxyl groups is 1. The summed E-state index contributed by atoms with van der Waals surface area (Å²) < 4.78 is 6.76. The summed E-state index contributed by atoms with van der Waals surface area (Å²) in [5.74, 6) is 0.648. The molecule has 0 radical (unpaired) electrons. The number of benzene rings is 1. The van der Waals surface area contributed by atoms with Crippen LogP contribution in [0.15, 0.2) is 36.5 Å². The number of hydrogen-bond donors (Lipinski definition) is 2. The molecule has 7 nitrogen and oxygen atoms in total. The largest absolute Gasteiger partial charge is 0.504 e. The number of ether oxygens (including phenoxy) is 1. The minimum Gasteiger partial charge on any atom is -0.504 e. The second-order valence-corrected chi connectivity index (χ2v) is 7.33. The molecule has 3 aromatic rings. The van der Waals surface area contributed by atoms with E-state index in [4.69, 9.17) is 4.74 Å². The Balaban J connectivity index is 1.87. The molecule has 0 saturated heterocycles. The van der Waals surface area contributed by atoms with Crippen LogP contribution in [0.25, 0.3) is 16.8 Å². The van der Waals surface area contributed by atoms with Gasteiger partial charge in [0.25, 0.3) is 0 Å². The van der Waals surface area contributed by atoms with Crippen LogP contribution in [0.3, 0.4) is 0 Å². The molecule has 0 unspecified atom stereocenters. The summed E-state index contributed by atoms with van der Waals surface area (Å²) in [5.41, 5.74) is 2.28. The van der Waals surface area contributed by atoms with Gasteiger partial charge >= 0.3 is 0 Å². The quantitative estimate of drug-likeness (QED) is 0.749. The molecule has 0 saturated carbocycles. The summed E-state index contributed by atoms with van der Waals surface area (Å²) in [7, 11) is 1.51. The number of pyridine rings is 1. The predicted molar refractivity (Wildman–Crippen MR) is 99.3 cm³/mol. The zero-order valence-electron chi connectivity index (χ0n) is 15.3. The molecule has 0 aliphatic rings. The van der Waals surface area contributed by atoms with Crippen molar-refractivity contribution in [2.75, 3.05) is 12.4 Å². The van der Waals surface area contributed by atoms with Crippen molar-refractivity contribution in [3.8, 4) is 22.6 Å². The second kappa shape index (κ2) is 6.67. The molecule has 26 heavy (non-hydrogen) atoms. The minimum absolute atomic E-state index is 0.0851. The minimum atomic E-state index is -0.114. The lowest BCUT2D eigenvalue weighted by molar-refractivity contribution is -0.117. The molecule has 0 atom stereocenters. The number of nitrogens with zero attached hydrogens (tertiary/aromatic N) is 3. The first kappa shape index (κ1) is 17.7. The summed E-state index contributed by atoms with van der Waals surface area (Å²) in [6.07, 6.45) is 2.20. The normalized spacial score (nSPS) is 11.5. The van der Waals surface area contributed by atoms with E-state index in [9.17, 15) is 9.90 Å². The lowest BCUT2D eigenvalue weighted by atomic mass is 9.92. The predicted octanol–water partition coefficient (Wildman–Crippen LogP) is 3.49. The molecule has 0 fully saturated rings. The van der Waals surface area contributed by atoms with Crippen molar-refractivity contribution in [2.45, 2.75) is 27.2 Å². The van der Waals surface area contributed by atoms with E-state index in [-0.39, 0.29) is 23.0 Å². The van der Waals surface area contributed by atoms with Crippen molar-refractivity contribution in [1.82, 2.24) is 14.6 Å². The van der Waals surface area contributed by atoms with Crippen LogP contribution in [0, 0.1) is 5.41 Å². The highest BCUT2D eigenvalue weighted by Gasteiger charge is 2.17. The van der Waals surface area contributed by atoms with E-state index in [2.05, 4.69) is 15.4 Å². The van der Waals surface area contributed by atoms with Gasteiger partial charge in [-0.25, -0.2) is 4.52 Å². The molecule has 0 bridgehead atoms. The van der Waals surface area contributed by atoms with Crippen molar-refractivity contribution in [2.24, 2.45) is 5.41 Å². The Morgan fingerprint density at radius 3 is 2.65 bits per heavy atom. The van der Waals surface area contributed by atoms with Crippen LogP contribution in [-0.2, 0) is 4.79 Å². The van der Waals surface area contributed by atoms with Crippen LogP contribution >= 0.6 is 0 Å². The first-order chi connectivity index (χ1) is 12.2. The fourth-order valence-electron chi connectivity index (χ4n) is 2.61. The molecular formula is C19H22N4O3. The Labute approximate surface area is 151 Å². The van der Waals surface area contributed by atoms with Crippen LogP contribution in [0.2, 0.25) is 0 Å². The van der Waals surface area contributed by atoms with Gasteiger partial charge in [0.2, 0.25) is 11.9 Å². The van der Waals surface area contributed by atoms with Gasteiger partial charge in [0.15, 0.2) is 17.1 Å². The molecule has 136 valence electrons. The molecule has 0 spiro atoms. The van der Waals surface area contributed by atoms with E-state index in [1.54, 1.807) is 22.7 Å². The molecule has 0 aliphatic heterocycles. The number of rotatable bonds is 4. The number of phenols is 1. The Morgan fingerprint density at radius 2 is 1.96 bits per heavy atom. The third kappa shape index (κ3) is 3.93. The molecule has 3 rings (SSSR count). The first-order valence-electron chi connectivity index (χ1n) is 8.29. The maximum absolute atomic E-state index is 12.1. The van der Waals surface area contributed by atoms with Crippen LogP contribution in [-0.4, -0.2) is 32.7 Å². The molecule has 1 amide bonds. The summed E-state index contributed by atoms with van der Waals surface area (Å²) >= 11 is 0. The van der Waals surface area contributed by atoms with E-state index >= 15 is 0 Å². The molecule has 2 aromatic heterocycles. The van der Waals surface area contributed by atoms with Crippen LogP contribution in [0.5, 0.6) is 11.5 Å². The Kier molecular flexibility index (Phi) is 4.54. The number of methoxy groups -OCH3 is 1. The molecule has 2 heterocycles. The molecule has 2 N–H and O–H groups in total. The lowest BCUT2D eigenvalue weighted by Crippen LogP contribution is -2.20. The maximum atomic E-state index is 12.1. The van der Waals surface area contributed by atoms with Gasteiger partial charge in [-0.1, -0.05) is 26.8 Å². The van der Waals surface area contributed by atoms with Gasteiger partial charge in [0.1, 0.15) is 0 Å². The van der Waals surface area contributed by atoms with Gasteiger partial charge in [-0.15, -0.1) is 5.10 Å². The number of aromatic nitrogens is 3. The van der Waals surface area contributed by atoms with E-state index in [0.29, 0.717) is 17.8 Å². The zero-order chi connectivity index (χ0) is 18.9. The zero-order valence-corrected chi connectivity index (χ0v) is 15.3. The number of fused-ring (bicyclic) bond motifs is 1. The summed E-state index contributed by atoms with van der Waals surface area (Å²) in [6, 6.07) is 8.84. The fourth-order valence-corrected chi connectivity index (χ4v) is 2.61. The van der Waals surface area contributed by atoms with Crippen molar-refractivity contribution in [1.29, 1.82) is 0 Å². The van der Waals surface area contributed by atoms with Crippen LogP contribution in [0.1, 0.15) is 27.2 Å². The Bertz CT molecular complexity index is 957. The van der Waals surface area contributed by atoms with Crippen LogP contribution < -0.4 is 10.1 Å². The lowest BCUT2D eigenvalue weighted by Gasteiger charge is -2.16. The Morgan fingerprint density at radius 1 is 1.23 bits per heavy atom. The fraction of sp³-hybridized carbons (Fsp3) is 0.316. The SMILES string of the molecule is COc1cc(-c2ccc3nc(NC(=O)CC(C)(C)C)nn3c2)ccc1O. The van der Waals surface area contributed by atoms with Gasteiger partial charge in [0, 0.05) is 18.2 Å². The number of carbonyl (C=O) groups is 1. The van der Waals surface area contributed by atoms with E-state index in [0.717, 1.165) is 11.1 Å². The summed E-state index contributed by atoms with van der Waals surface area (Å²) in [4.78, 5) is 16.4. The van der Waals surface area contributed by atoms with Crippen molar-refractivity contribution < 1.29 is 14.6 Å². The molecule has 7 heteroatoms. The van der Waals surface area contributed by atoms with Crippen LogP contribution in [0.4, 0.5) is 5.95 Å². The van der Waals surface area contributed by atoms with E-state index in [1.807, 2.05) is 39.1 Å². The third-order valence-electron chi connectivity index (χ3n) is 3.79. The second-order valence-electron chi connectivity index (χ2n) is 7.33. The molecule has 0 aliphatic carbocycles. The van der Waals surface area contributed by atoms with E-state index in [1.165, 1.54) is 7.11 Å². The topological polar surface area (TPSA) is 88.8 Å². The van der Waals surface area contributed by atoms with Gasteiger partial charge in [-0.2, -0.15) is 4.98 Å². The number of amides is 1. The highest BCUT2D eigenvalue weighted by atomic mass is 16.5. The van der Waals surface area contributed by atoms with Crippen molar-refractivity contribution >= 4 is 17.5 Å². The highest BCUT2D eigenvalue weighted by Crippen LogP contribution is 2.31. The first-order valence-corrected chi connectivity index (χ1v) is 8.29.